The third kappa shape index (κ3) is 3.97. The van der Waals surface area contributed by atoms with E-state index in [9.17, 15) is 8.42 Å². The van der Waals surface area contributed by atoms with Crippen molar-refractivity contribution >= 4 is 26.4 Å². The van der Waals surface area contributed by atoms with Gasteiger partial charge in [-0.2, -0.15) is 0 Å². The number of likely N-dealkylation sites (N-methyl/N-ethyl adjacent to an activating group) is 1. The van der Waals surface area contributed by atoms with Gasteiger partial charge in [-0.3, -0.25) is 0 Å². The summed E-state index contributed by atoms with van der Waals surface area (Å²) in [6.45, 7) is 8.84. The van der Waals surface area contributed by atoms with Crippen molar-refractivity contribution in [2.24, 2.45) is 0 Å². The molecule has 0 spiro atoms. The van der Waals surface area contributed by atoms with Crippen LogP contribution in [0, 0.1) is 0 Å². The summed E-state index contributed by atoms with van der Waals surface area (Å²) in [5, 5.41) is 2.37. The number of fused-ring (bicyclic) bond motifs is 1. The molecule has 0 aliphatic carbocycles. The van der Waals surface area contributed by atoms with Gasteiger partial charge in [0.1, 0.15) is 5.82 Å². The maximum absolute atomic E-state index is 12.0. The fourth-order valence-electron chi connectivity index (χ4n) is 3.71. The second-order valence-electron chi connectivity index (χ2n) is 7.26. The highest BCUT2D eigenvalue weighted by atomic mass is 32.2. The quantitative estimate of drug-likeness (QED) is 0.643. The van der Waals surface area contributed by atoms with Crippen molar-refractivity contribution in [3.8, 4) is 11.3 Å². The van der Waals surface area contributed by atoms with E-state index in [1.807, 2.05) is 18.2 Å². The minimum atomic E-state index is -3.31. The lowest BCUT2D eigenvalue weighted by atomic mass is 10.1. The molecule has 0 amide bonds. The Balaban J connectivity index is 1.74. The van der Waals surface area contributed by atoms with E-state index in [1.165, 1.54) is 0 Å². The molecule has 0 unspecified atom stereocenters. The molecule has 1 saturated heterocycles. The fraction of sp³-hybridized carbons (Fsp3) is 0.364. The number of nitrogens with zero attached hydrogens (tertiary/aromatic N) is 4. The third-order valence-corrected chi connectivity index (χ3v) is 7.21. The number of hydrogen-bond donors (Lipinski definition) is 0. The van der Waals surface area contributed by atoms with Gasteiger partial charge < -0.3 is 9.80 Å². The van der Waals surface area contributed by atoms with Gasteiger partial charge in [-0.25, -0.2) is 18.4 Å². The van der Waals surface area contributed by atoms with E-state index in [1.54, 1.807) is 25.3 Å². The van der Waals surface area contributed by atoms with E-state index < -0.39 is 9.84 Å². The number of anilines is 1. The highest BCUT2D eigenvalue weighted by molar-refractivity contribution is 7.91. The van der Waals surface area contributed by atoms with E-state index >= 15 is 0 Å². The Labute approximate surface area is 172 Å². The second-order valence-corrected chi connectivity index (χ2v) is 9.49. The number of benzene rings is 1. The summed E-state index contributed by atoms with van der Waals surface area (Å²) >= 11 is 0. The van der Waals surface area contributed by atoms with Crippen molar-refractivity contribution in [2.75, 3.05) is 43.4 Å². The first-order chi connectivity index (χ1) is 14.0. The van der Waals surface area contributed by atoms with Crippen LogP contribution >= 0.6 is 0 Å². The lowest BCUT2D eigenvalue weighted by molar-refractivity contribution is 0.271. The summed E-state index contributed by atoms with van der Waals surface area (Å²) in [7, 11) is -3.31. The Morgan fingerprint density at radius 2 is 1.76 bits per heavy atom. The number of pyridine rings is 2. The summed E-state index contributed by atoms with van der Waals surface area (Å²) in [4.78, 5) is 14.0. The van der Waals surface area contributed by atoms with Crippen LogP contribution in [0.3, 0.4) is 0 Å². The largest absolute Gasteiger partial charge is 0.354 e. The summed E-state index contributed by atoms with van der Waals surface area (Å²) in [5.74, 6) is 1.03. The van der Waals surface area contributed by atoms with Gasteiger partial charge in [0.15, 0.2) is 14.9 Å². The minimum absolute atomic E-state index is 0.0431. The van der Waals surface area contributed by atoms with Crippen LogP contribution in [0.25, 0.3) is 22.0 Å². The summed E-state index contributed by atoms with van der Waals surface area (Å²) in [6, 6.07) is 13.7. The molecule has 0 bridgehead atoms. The molecule has 6 nitrogen and oxygen atoms in total. The van der Waals surface area contributed by atoms with Gasteiger partial charge in [0.05, 0.1) is 11.4 Å². The smallest absolute Gasteiger partial charge is 0.195 e. The van der Waals surface area contributed by atoms with Gasteiger partial charge in [0.2, 0.25) is 0 Å². The zero-order chi connectivity index (χ0) is 20.4. The van der Waals surface area contributed by atoms with Crippen LogP contribution in [0.4, 0.5) is 5.82 Å². The molecule has 3 heterocycles. The van der Waals surface area contributed by atoms with Gasteiger partial charge in [0, 0.05) is 43.3 Å². The maximum atomic E-state index is 12.0. The van der Waals surface area contributed by atoms with Crippen LogP contribution in [0.5, 0.6) is 0 Å². The molecule has 7 heteroatoms. The van der Waals surface area contributed by atoms with E-state index in [-0.39, 0.29) is 10.8 Å². The Kier molecular flexibility index (Phi) is 5.52. The van der Waals surface area contributed by atoms with Gasteiger partial charge in [-0.15, -0.1) is 0 Å². The van der Waals surface area contributed by atoms with E-state index in [2.05, 4.69) is 33.8 Å². The molecule has 0 radical (unpaired) electrons. The predicted octanol–water partition coefficient (Wildman–Crippen LogP) is 3.23. The monoisotopic (exact) mass is 410 g/mol. The van der Waals surface area contributed by atoms with Crippen molar-refractivity contribution in [1.29, 1.82) is 0 Å². The highest BCUT2D eigenvalue weighted by Crippen LogP contribution is 2.30. The van der Waals surface area contributed by atoms with Gasteiger partial charge in [0.25, 0.3) is 0 Å². The topological polar surface area (TPSA) is 66.4 Å². The van der Waals surface area contributed by atoms with Crippen molar-refractivity contribution in [2.45, 2.75) is 18.9 Å². The van der Waals surface area contributed by atoms with Crippen LogP contribution in [0.2, 0.25) is 0 Å². The zero-order valence-corrected chi connectivity index (χ0v) is 17.7. The Bertz CT molecular complexity index is 1110. The molecule has 2 aromatic heterocycles. The standard InChI is InChI=1S/C22H26N4O2S/c1-3-25-11-13-26(14-12-25)22-19-8-6-5-7-17(19)15-20(24-22)18-9-10-21(23-16-18)29(27,28)4-2/h5-10,15-16H,3-4,11-14H2,1-2H3. The zero-order valence-electron chi connectivity index (χ0n) is 16.9. The molecule has 29 heavy (non-hydrogen) atoms. The van der Waals surface area contributed by atoms with Crippen LogP contribution in [-0.4, -0.2) is 61.8 Å². The fourth-order valence-corrected chi connectivity index (χ4v) is 4.49. The molecule has 0 saturated carbocycles. The van der Waals surface area contributed by atoms with Crippen molar-refractivity contribution < 1.29 is 8.42 Å². The van der Waals surface area contributed by atoms with E-state index in [0.29, 0.717) is 0 Å². The highest BCUT2D eigenvalue weighted by Gasteiger charge is 2.20. The lowest BCUT2D eigenvalue weighted by Crippen LogP contribution is -2.46. The molecule has 4 rings (SSSR count). The second kappa shape index (κ2) is 8.08. The third-order valence-electron chi connectivity index (χ3n) is 5.57. The molecule has 3 aromatic rings. The first-order valence-corrected chi connectivity index (χ1v) is 11.7. The molecule has 0 N–H and O–H groups in total. The number of rotatable bonds is 5. The van der Waals surface area contributed by atoms with Gasteiger partial charge in [-0.1, -0.05) is 38.1 Å². The molecule has 152 valence electrons. The normalized spacial score (nSPS) is 15.7. The first kappa shape index (κ1) is 19.8. The Hall–Kier alpha value is -2.51. The molecule has 1 aliphatic rings. The number of sulfone groups is 1. The average Bonchev–Trinajstić information content (AvgIpc) is 2.78. The number of aromatic nitrogens is 2. The van der Waals surface area contributed by atoms with Crippen molar-refractivity contribution in [3.63, 3.8) is 0 Å². The van der Waals surface area contributed by atoms with Crippen molar-refractivity contribution in [3.05, 3.63) is 48.7 Å². The van der Waals surface area contributed by atoms with E-state index in [0.717, 1.165) is 60.6 Å². The number of hydrogen-bond acceptors (Lipinski definition) is 6. The lowest BCUT2D eigenvalue weighted by Gasteiger charge is -2.35. The van der Waals surface area contributed by atoms with Gasteiger partial charge >= 0.3 is 0 Å². The van der Waals surface area contributed by atoms with Crippen LogP contribution < -0.4 is 4.90 Å². The first-order valence-electron chi connectivity index (χ1n) is 10.1. The molecule has 1 aromatic carbocycles. The van der Waals surface area contributed by atoms with Crippen LogP contribution in [0.1, 0.15) is 13.8 Å². The number of piperazine rings is 1. The Morgan fingerprint density at radius 3 is 2.41 bits per heavy atom. The summed E-state index contributed by atoms with van der Waals surface area (Å²) < 4.78 is 24.1. The molecular formula is C22H26N4O2S. The molecule has 1 aliphatic heterocycles. The van der Waals surface area contributed by atoms with Crippen LogP contribution in [-0.2, 0) is 9.84 Å². The van der Waals surface area contributed by atoms with Crippen molar-refractivity contribution in [1.82, 2.24) is 14.9 Å². The maximum Gasteiger partial charge on any atom is 0.195 e. The summed E-state index contributed by atoms with van der Waals surface area (Å²) in [6.07, 6.45) is 1.61. The molecule has 1 fully saturated rings. The predicted molar refractivity (Wildman–Crippen MR) is 117 cm³/mol. The van der Waals surface area contributed by atoms with Crippen LogP contribution in [0.15, 0.2) is 53.7 Å². The minimum Gasteiger partial charge on any atom is -0.354 e. The molecular weight excluding hydrogens is 384 g/mol. The molecule has 0 atom stereocenters. The summed E-state index contributed by atoms with van der Waals surface area (Å²) in [5.41, 5.74) is 1.63. The average molecular weight is 411 g/mol. The SMILES string of the molecule is CCN1CCN(c2nc(-c3ccc(S(=O)(=O)CC)nc3)cc3ccccc23)CC1. The Morgan fingerprint density at radius 1 is 1.00 bits per heavy atom. The van der Waals surface area contributed by atoms with Gasteiger partial charge in [-0.05, 0) is 30.1 Å². The van der Waals surface area contributed by atoms with E-state index in [4.69, 9.17) is 4.98 Å².